The first-order chi connectivity index (χ1) is 7.72. The highest BCUT2D eigenvalue weighted by Crippen LogP contribution is 2.22. The van der Waals surface area contributed by atoms with Crippen LogP contribution in [0.3, 0.4) is 0 Å². The molecule has 0 radical (unpaired) electrons. The van der Waals surface area contributed by atoms with Crippen molar-refractivity contribution >= 4 is 5.91 Å². The molecule has 4 heteroatoms. The van der Waals surface area contributed by atoms with Crippen LogP contribution in [-0.4, -0.2) is 47.7 Å². The zero-order valence-corrected chi connectivity index (χ0v) is 9.98. The second kappa shape index (κ2) is 5.15. The standard InChI is InChI=1S/C12H22N2O2/c1-9-4-5-13-11(7-9)12(16)14-6-2-3-10(14)8-15/h9-11,13,15H,2-8H2,1H3/t9?,10-,11?/m1/s1. The van der Waals surface area contributed by atoms with E-state index in [1.165, 1.54) is 0 Å². The number of aliphatic hydroxyl groups excluding tert-OH is 1. The lowest BCUT2D eigenvalue weighted by Gasteiger charge is -2.32. The molecule has 2 saturated heterocycles. The molecule has 2 aliphatic heterocycles. The Bertz CT molecular complexity index is 257. The maximum absolute atomic E-state index is 12.3. The summed E-state index contributed by atoms with van der Waals surface area (Å²) < 4.78 is 0. The monoisotopic (exact) mass is 226 g/mol. The average molecular weight is 226 g/mol. The topological polar surface area (TPSA) is 52.6 Å². The smallest absolute Gasteiger partial charge is 0.240 e. The normalized spacial score (nSPS) is 35.4. The van der Waals surface area contributed by atoms with Gasteiger partial charge in [-0.25, -0.2) is 0 Å². The van der Waals surface area contributed by atoms with E-state index in [0.29, 0.717) is 5.92 Å². The highest BCUT2D eigenvalue weighted by molar-refractivity contribution is 5.82. The molecule has 1 amide bonds. The van der Waals surface area contributed by atoms with Crippen molar-refractivity contribution in [3.63, 3.8) is 0 Å². The van der Waals surface area contributed by atoms with Gasteiger partial charge in [-0.15, -0.1) is 0 Å². The van der Waals surface area contributed by atoms with Gasteiger partial charge in [0.2, 0.25) is 5.91 Å². The van der Waals surface area contributed by atoms with Crippen LogP contribution in [0.25, 0.3) is 0 Å². The third-order valence-electron chi connectivity index (χ3n) is 3.84. The van der Waals surface area contributed by atoms with E-state index in [4.69, 9.17) is 0 Å². The number of rotatable bonds is 2. The van der Waals surface area contributed by atoms with Crippen LogP contribution in [0.5, 0.6) is 0 Å². The first-order valence-corrected chi connectivity index (χ1v) is 6.37. The quantitative estimate of drug-likeness (QED) is 0.715. The number of piperidine rings is 1. The average Bonchev–Trinajstić information content (AvgIpc) is 2.76. The fraction of sp³-hybridized carbons (Fsp3) is 0.917. The van der Waals surface area contributed by atoms with Crippen molar-refractivity contribution < 1.29 is 9.90 Å². The minimum absolute atomic E-state index is 0.0177. The Morgan fingerprint density at radius 2 is 2.31 bits per heavy atom. The molecule has 0 aromatic rings. The summed E-state index contributed by atoms with van der Waals surface area (Å²) in [7, 11) is 0. The lowest BCUT2D eigenvalue weighted by Crippen LogP contribution is -2.51. The fourth-order valence-corrected chi connectivity index (χ4v) is 2.81. The van der Waals surface area contributed by atoms with Gasteiger partial charge in [0.1, 0.15) is 0 Å². The molecule has 0 saturated carbocycles. The van der Waals surface area contributed by atoms with Crippen molar-refractivity contribution in [2.24, 2.45) is 5.92 Å². The SMILES string of the molecule is CC1CCNC(C(=O)N2CCC[C@@H]2CO)C1. The van der Waals surface area contributed by atoms with E-state index < -0.39 is 0 Å². The summed E-state index contributed by atoms with van der Waals surface area (Å²) in [5.74, 6) is 0.827. The van der Waals surface area contributed by atoms with Crippen molar-refractivity contribution in [2.45, 2.75) is 44.7 Å². The number of amides is 1. The predicted molar refractivity (Wildman–Crippen MR) is 62.0 cm³/mol. The summed E-state index contributed by atoms with van der Waals surface area (Å²) >= 11 is 0. The number of hydrogen-bond acceptors (Lipinski definition) is 3. The van der Waals surface area contributed by atoms with Crippen LogP contribution in [0.15, 0.2) is 0 Å². The maximum atomic E-state index is 12.3. The minimum atomic E-state index is -0.0177. The molecule has 2 rings (SSSR count). The van der Waals surface area contributed by atoms with E-state index in [-0.39, 0.29) is 24.6 Å². The number of likely N-dealkylation sites (tertiary alicyclic amines) is 1. The summed E-state index contributed by atoms with van der Waals surface area (Å²) in [6.07, 6.45) is 4.07. The largest absolute Gasteiger partial charge is 0.394 e. The molecule has 4 nitrogen and oxygen atoms in total. The van der Waals surface area contributed by atoms with Crippen molar-refractivity contribution in [2.75, 3.05) is 19.7 Å². The van der Waals surface area contributed by atoms with Gasteiger partial charge in [0.25, 0.3) is 0 Å². The highest BCUT2D eigenvalue weighted by Gasteiger charge is 2.34. The van der Waals surface area contributed by atoms with Crippen LogP contribution in [0.1, 0.15) is 32.6 Å². The minimum Gasteiger partial charge on any atom is -0.394 e. The summed E-state index contributed by atoms with van der Waals surface area (Å²) in [6.45, 7) is 4.06. The first kappa shape index (κ1) is 11.9. The Morgan fingerprint density at radius 3 is 3.00 bits per heavy atom. The fourth-order valence-electron chi connectivity index (χ4n) is 2.81. The Labute approximate surface area is 97.0 Å². The van der Waals surface area contributed by atoms with E-state index in [9.17, 15) is 9.90 Å². The number of carbonyl (C=O) groups is 1. The molecule has 16 heavy (non-hydrogen) atoms. The number of hydrogen-bond donors (Lipinski definition) is 2. The molecule has 0 aromatic carbocycles. The molecule has 0 bridgehead atoms. The summed E-state index contributed by atoms with van der Waals surface area (Å²) in [4.78, 5) is 14.1. The highest BCUT2D eigenvalue weighted by atomic mass is 16.3. The van der Waals surface area contributed by atoms with Crippen molar-refractivity contribution in [3.05, 3.63) is 0 Å². The second-order valence-corrected chi connectivity index (χ2v) is 5.15. The van der Waals surface area contributed by atoms with Gasteiger partial charge in [-0.3, -0.25) is 4.79 Å². The number of nitrogens with zero attached hydrogens (tertiary/aromatic N) is 1. The Morgan fingerprint density at radius 1 is 1.50 bits per heavy atom. The molecular formula is C12H22N2O2. The van der Waals surface area contributed by atoms with Crippen LogP contribution in [-0.2, 0) is 4.79 Å². The molecule has 0 aromatic heterocycles. The van der Waals surface area contributed by atoms with Crippen LogP contribution in [0, 0.1) is 5.92 Å². The van der Waals surface area contributed by atoms with Gasteiger partial charge in [-0.05, 0) is 38.1 Å². The third kappa shape index (κ3) is 2.38. The van der Waals surface area contributed by atoms with Gasteiger partial charge in [-0.1, -0.05) is 6.92 Å². The number of carbonyl (C=O) groups excluding carboxylic acids is 1. The predicted octanol–water partition coefficient (Wildman–Crippen LogP) is 0.358. The molecule has 2 unspecified atom stereocenters. The van der Waals surface area contributed by atoms with Crippen molar-refractivity contribution in [1.82, 2.24) is 10.2 Å². The molecule has 92 valence electrons. The van der Waals surface area contributed by atoms with Crippen molar-refractivity contribution in [3.8, 4) is 0 Å². The van der Waals surface area contributed by atoms with Crippen LogP contribution >= 0.6 is 0 Å². The zero-order valence-electron chi connectivity index (χ0n) is 9.98. The van der Waals surface area contributed by atoms with Gasteiger partial charge in [0.05, 0.1) is 18.7 Å². The van der Waals surface area contributed by atoms with E-state index in [1.807, 2.05) is 4.90 Å². The third-order valence-corrected chi connectivity index (χ3v) is 3.84. The summed E-state index contributed by atoms with van der Waals surface area (Å²) in [5.41, 5.74) is 0. The van der Waals surface area contributed by atoms with Gasteiger partial charge in [0.15, 0.2) is 0 Å². The van der Waals surface area contributed by atoms with Crippen LogP contribution < -0.4 is 5.32 Å². The van der Waals surface area contributed by atoms with Gasteiger partial charge in [0, 0.05) is 6.54 Å². The summed E-state index contributed by atoms with van der Waals surface area (Å²) in [5, 5.41) is 12.5. The van der Waals surface area contributed by atoms with Crippen molar-refractivity contribution in [1.29, 1.82) is 0 Å². The van der Waals surface area contributed by atoms with E-state index >= 15 is 0 Å². The van der Waals surface area contributed by atoms with Gasteiger partial charge >= 0.3 is 0 Å². The van der Waals surface area contributed by atoms with Crippen LogP contribution in [0.2, 0.25) is 0 Å². The number of nitrogens with one attached hydrogen (secondary N) is 1. The van der Waals surface area contributed by atoms with Gasteiger partial charge < -0.3 is 15.3 Å². The zero-order chi connectivity index (χ0) is 11.5. The van der Waals surface area contributed by atoms with E-state index in [0.717, 1.165) is 38.8 Å². The van der Waals surface area contributed by atoms with Crippen LogP contribution in [0.4, 0.5) is 0 Å². The molecule has 0 spiro atoms. The number of aliphatic hydroxyl groups is 1. The molecule has 2 N–H and O–H groups in total. The molecule has 2 aliphatic rings. The van der Waals surface area contributed by atoms with E-state index in [2.05, 4.69) is 12.2 Å². The first-order valence-electron chi connectivity index (χ1n) is 6.37. The Hall–Kier alpha value is -0.610. The lowest BCUT2D eigenvalue weighted by molar-refractivity contribution is -0.135. The molecule has 2 heterocycles. The molecular weight excluding hydrogens is 204 g/mol. The Kier molecular flexibility index (Phi) is 3.82. The lowest BCUT2D eigenvalue weighted by atomic mass is 9.93. The van der Waals surface area contributed by atoms with E-state index in [1.54, 1.807) is 0 Å². The molecule has 2 fully saturated rings. The Balaban J connectivity index is 1.95. The van der Waals surface area contributed by atoms with Gasteiger partial charge in [-0.2, -0.15) is 0 Å². The molecule has 3 atom stereocenters. The maximum Gasteiger partial charge on any atom is 0.240 e. The second-order valence-electron chi connectivity index (χ2n) is 5.15. The summed E-state index contributed by atoms with van der Waals surface area (Å²) in [6, 6.07) is 0.0439. The molecule has 0 aliphatic carbocycles.